The van der Waals surface area contributed by atoms with Crippen molar-refractivity contribution in [2.45, 2.75) is 25.3 Å². The van der Waals surface area contributed by atoms with Crippen LogP contribution in [0.25, 0.3) is 22.5 Å². The number of hydrogen-bond donors (Lipinski definition) is 2. The number of tetrazole rings is 1. The van der Waals surface area contributed by atoms with E-state index in [0.29, 0.717) is 23.6 Å². The third-order valence-electron chi connectivity index (χ3n) is 6.85. The number of thioether (sulfide) groups is 1. The van der Waals surface area contributed by atoms with E-state index in [0.717, 1.165) is 33.6 Å². The Balaban J connectivity index is 1.37. The monoisotopic (exact) mass is 509 g/mol. The number of benzene rings is 3. The van der Waals surface area contributed by atoms with Gasteiger partial charge in [-0.05, 0) is 45.4 Å². The number of anilines is 1. The first-order valence-electron chi connectivity index (χ1n) is 12.0. The van der Waals surface area contributed by atoms with E-state index in [1.54, 1.807) is 30.0 Å². The molecule has 9 heteroatoms. The molecule has 0 saturated carbocycles. The molecule has 0 spiro atoms. The molecule has 2 aliphatic rings. The number of aromatic nitrogens is 4. The second-order valence-corrected chi connectivity index (χ2v) is 10.2. The van der Waals surface area contributed by atoms with Crippen LogP contribution in [0.5, 0.6) is 0 Å². The van der Waals surface area contributed by atoms with Gasteiger partial charge in [0.2, 0.25) is 5.82 Å². The first-order chi connectivity index (χ1) is 18.0. The summed E-state index contributed by atoms with van der Waals surface area (Å²) in [7, 11) is 0. The maximum Gasteiger partial charge on any atom is 0.337 e. The summed E-state index contributed by atoms with van der Waals surface area (Å²) in [4.78, 5) is 28.8. The Hall–Kier alpha value is -4.24. The third-order valence-corrected chi connectivity index (χ3v) is 8.37. The van der Waals surface area contributed by atoms with E-state index < -0.39 is 5.97 Å². The highest BCUT2D eigenvalue weighted by molar-refractivity contribution is 8.04. The highest BCUT2D eigenvalue weighted by atomic mass is 32.2. The van der Waals surface area contributed by atoms with Gasteiger partial charge in [-0.2, -0.15) is 5.21 Å². The minimum Gasteiger partial charge on any atom is -0.478 e. The lowest BCUT2D eigenvalue weighted by atomic mass is 9.88. The summed E-state index contributed by atoms with van der Waals surface area (Å²) in [6.07, 6.45) is 2.90. The van der Waals surface area contributed by atoms with E-state index in [1.165, 1.54) is 0 Å². The van der Waals surface area contributed by atoms with Gasteiger partial charge in [0, 0.05) is 17.7 Å². The third kappa shape index (κ3) is 4.01. The lowest BCUT2D eigenvalue weighted by Gasteiger charge is -2.40. The summed E-state index contributed by atoms with van der Waals surface area (Å²) >= 11 is 1.66. The van der Waals surface area contributed by atoms with Crippen molar-refractivity contribution in [2.75, 3.05) is 4.90 Å². The molecule has 0 aliphatic carbocycles. The van der Waals surface area contributed by atoms with Crippen LogP contribution < -0.4 is 4.90 Å². The number of nitrogens with zero attached hydrogens (tertiary/aromatic N) is 4. The normalized spacial score (nSPS) is 18.4. The van der Waals surface area contributed by atoms with Crippen LogP contribution in [0.4, 0.5) is 5.69 Å². The van der Waals surface area contributed by atoms with Gasteiger partial charge in [0.1, 0.15) is 0 Å². The number of rotatable bonds is 6. The van der Waals surface area contributed by atoms with Gasteiger partial charge in [0.15, 0.2) is 5.78 Å². The Labute approximate surface area is 217 Å². The van der Waals surface area contributed by atoms with Crippen molar-refractivity contribution in [1.29, 1.82) is 0 Å². The molecule has 3 heterocycles. The van der Waals surface area contributed by atoms with Gasteiger partial charge in [-0.1, -0.05) is 67.6 Å². The number of hydrogen-bond acceptors (Lipinski definition) is 7. The number of carbonyl (C=O) groups excluding carboxylic acids is 1. The smallest absolute Gasteiger partial charge is 0.337 e. The molecule has 4 aromatic rings. The van der Waals surface area contributed by atoms with Crippen LogP contribution in [0.3, 0.4) is 0 Å². The number of carboxylic acids is 1. The number of nitrogens with one attached hydrogen (secondary N) is 1. The van der Waals surface area contributed by atoms with Crippen LogP contribution in [0.15, 0.2) is 77.7 Å². The second-order valence-electron chi connectivity index (χ2n) is 9.00. The van der Waals surface area contributed by atoms with Gasteiger partial charge in [0.25, 0.3) is 0 Å². The zero-order chi connectivity index (χ0) is 25.5. The van der Waals surface area contributed by atoms with Gasteiger partial charge in [-0.3, -0.25) is 4.79 Å². The molecule has 6 rings (SSSR count). The van der Waals surface area contributed by atoms with Crippen LogP contribution >= 0.6 is 11.8 Å². The quantitative estimate of drug-likeness (QED) is 0.354. The van der Waals surface area contributed by atoms with E-state index in [2.05, 4.69) is 38.5 Å². The number of aromatic carboxylic acids is 1. The molecule has 2 aliphatic heterocycles. The summed E-state index contributed by atoms with van der Waals surface area (Å²) in [5.41, 5.74) is 5.02. The molecule has 2 atom stereocenters. The Kier molecular flexibility index (Phi) is 5.84. The zero-order valence-corrected chi connectivity index (χ0v) is 20.8. The fraction of sp³-hybridized carbons (Fsp3) is 0.179. The number of Topliss-reactive ketones (excluding diaryl/α,β-unsaturated/α-hetero) is 1. The van der Waals surface area contributed by atoms with E-state index in [4.69, 9.17) is 0 Å². The lowest BCUT2D eigenvalue weighted by Crippen LogP contribution is -2.44. The largest absolute Gasteiger partial charge is 0.478 e. The highest BCUT2D eigenvalue weighted by Crippen LogP contribution is 2.49. The number of aromatic amines is 1. The molecule has 3 aromatic carbocycles. The summed E-state index contributed by atoms with van der Waals surface area (Å²) in [5.74, 6) is -0.812. The first kappa shape index (κ1) is 23.2. The van der Waals surface area contributed by atoms with Crippen LogP contribution in [-0.2, 0) is 6.54 Å². The number of fused-ring (bicyclic) bond motifs is 2. The van der Waals surface area contributed by atoms with E-state index in [9.17, 15) is 14.7 Å². The van der Waals surface area contributed by atoms with Gasteiger partial charge in [-0.25, -0.2) is 4.79 Å². The van der Waals surface area contributed by atoms with Crippen LogP contribution in [0, 0.1) is 5.92 Å². The maximum atomic E-state index is 13.4. The molecular formula is C28H23N5O3S. The summed E-state index contributed by atoms with van der Waals surface area (Å²) in [6.45, 7) is 2.56. The Morgan fingerprint density at radius 1 is 1.03 bits per heavy atom. The van der Waals surface area contributed by atoms with Gasteiger partial charge >= 0.3 is 5.97 Å². The van der Waals surface area contributed by atoms with E-state index in [-0.39, 0.29) is 22.6 Å². The molecule has 2 N–H and O–H groups in total. The molecule has 0 fully saturated rings. The van der Waals surface area contributed by atoms with E-state index >= 15 is 0 Å². The molecule has 184 valence electrons. The molecular weight excluding hydrogens is 486 g/mol. The fourth-order valence-electron chi connectivity index (χ4n) is 5.11. The molecule has 0 bridgehead atoms. The number of allylic oxidation sites excluding steroid dienone is 1. The lowest BCUT2D eigenvalue weighted by molar-refractivity contribution is 0.0697. The average molecular weight is 510 g/mol. The molecule has 8 nitrogen and oxygen atoms in total. The second kappa shape index (κ2) is 9.33. The fourth-order valence-corrected chi connectivity index (χ4v) is 6.46. The maximum absolute atomic E-state index is 13.4. The Morgan fingerprint density at radius 3 is 2.49 bits per heavy atom. The van der Waals surface area contributed by atoms with Crippen LogP contribution in [0.2, 0.25) is 0 Å². The Bertz CT molecular complexity index is 1530. The molecule has 37 heavy (non-hydrogen) atoms. The minimum atomic E-state index is -1.03. The molecule has 0 radical (unpaired) electrons. The molecule has 0 saturated heterocycles. The van der Waals surface area contributed by atoms with Crippen molar-refractivity contribution in [1.82, 2.24) is 20.6 Å². The SMILES string of the molecule is CCC1=CC2C(=O)c3cccc(C(=O)O)c3N(Cc3ccc(-c4ccccc4-c4nn[nH]n4)cc3)C2S1. The predicted octanol–water partition coefficient (Wildman–Crippen LogP) is 5.42. The molecule has 2 unspecified atom stereocenters. The number of H-pyrrole nitrogens is 1. The number of carboxylic acid groups (broad SMARTS) is 1. The van der Waals surface area contributed by atoms with Gasteiger partial charge < -0.3 is 10.0 Å². The topological polar surface area (TPSA) is 112 Å². The number of carbonyl (C=O) groups is 2. The average Bonchev–Trinajstić information content (AvgIpc) is 3.62. The van der Waals surface area contributed by atoms with Crippen molar-refractivity contribution in [3.05, 3.63) is 94.4 Å². The van der Waals surface area contributed by atoms with E-state index in [1.807, 2.05) is 48.5 Å². The summed E-state index contributed by atoms with van der Waals surface area (Å²) in [6, 6.07) is 21.0. The Morgan fingerprint density at radius 2 is 1.78 bits per heavy atom. The van der Waals surface area contributed by atoms with Crippen molar-refractivity contribution >= 4 is 29.2 Å². The van der Waals surface area contributed by atoms with Crippen molar-refractivity contribution in [2.24, 2.45) is 5.92 Å². The summed E-state index contributed by atoms with van der Waals surface area (Å²) < 4.78 is 0. The van der Waals surface area contributed by atoms with Gasteiger partial charge in [0.05, 0.1) is 22.5 Å². The number of ketones is 1. The van der Waals surface area contributed by atoms with Gasteiger partial charge in [-0.15, -0.1) is 22.0 Å². The van der Waals surface area contributed by atoms with Crippen molar-refractivity contribution < 1.29 is 14.7 Å². The molecule has 0 amide bonds. The first-order valence-corrected chi connectivity index (χ1v) is 12.9. The van der Waals surface area contributed by atoms with Crippen LogP contribution in [-0.4, -0.2) is 42.9 Å². The predicted molar refractivity (Wildman–Crippen MR) is 142 cm³/mol. The van der Waals surface area contributed by atoms with Crippen LogP contribution in [0.1, 0.15) is 39.6 Å². The number of para-hydroxylation sites is 1. The molecule has 1 aromatic heterocycles. The van der Waals surface area contributed by atoms with Crippen molar-refractivity contribution in [3.63, 3.8) is 0 Å². The zero-order valence-electron chi connectivity index (χ0n) is 20.0. The minimum absolute atomic E-state index is 0.0104. The highest BCUT2D eigenvalue weighted by Gasteiger charge is 2.44. The van der Waals surface area contributed by atoms with Crippen molar-refractivity contribution in [3.8, 4) is 22.5 Å². The standard InChI is InChI=1S/C28H23N5O3S/c1-2-18-14-23-25(34)21-8-5-9-22(28(35)36)24(21)33(27(23)37-18)15-16-10-12-17(13-11-16)19-6-3-4-7-20(19)26-29-31-32-30-26/h3-14,23,27H,2,15H2,1H3,(H,35,36)(H,29,30,31,32). The summed E-state index contributed by atoms with van der Waals surface area (Å²) in [5, 5.41) is 24.2.